The number of likely N-dealkylation sites (tertiary alicyclic amines) is 1. The average molecular weight is 388 g/mol. The highest BCUT2D eigenvalue weighted by molar-refractivity contribution is 5.68. The quantitative estimate of drug-likeness (QED) is 0.841. The van der Waals surface area contributed by atoms with Crippen molar-refractivity contribution in [3.05, 3.63) is 71.3 Å². The van der Waals surface area contributed by atoms with Crippen LogP contribution in [-0.4, -0.2) is 35.7 Å². The van der Waals surface area contributed by atoms with E-state index in [1.165, 1.54) is 6.07 Å². The number of nitrogens with zero attached hydrogens (tertiary/aromatic N) is 1. The zero-order chi connectivity index (χ0) is 20.3. The van der Waals surface area contributed by atoms with E-state index in [9.17, 15) is 13.6 Å². The van der Waals surface area contributed by atoms with Crippen molar-refractivity contribution in [3.8, 4) is 0 Å². The zero-order valence-corrected chi connectivity index (χ0v) is 16.4. The molecule has 0 bridgehead atoms. The van der Waals surface area contributed by atoms with Gasteiger partial charge in [-0.3, -0.25) is 4.90 Å². The second-order valence-corrected chi connectivity index (χ2v) is 8.20. The lowest BCUT2D eigenvalue weighted by molar-refractivity contribution is 0.0502. The molecule has 28 heavy (non-hydrogen) atoms. The maximum Gasteiger partial charge on any atom is 0.407 e. The van der Waals surface area contributed by atoms with Gasteiger partial charge in [0.2, 0.25) is 0 Å². The predicted molar refractivity (Wildman–Crippen MR) is 104 cm³/mol. The second-order valence-electron chi connectivity index (χ2n) is 8.20. The van der Waals surface area contributed by atoms with Gasteiger partial charge in [0.25, 0.3) is 0 Å². The highest BCUT2D eigenvalue weighted by Gasteiger charge is 2.37. The van der Waals surface area contributed by atoms with E-state index < -0.39 is 23.3 Å². The maximum atomic E-state index is 14.4. The Kier molecular flexibility index (Phi) is 5.98. The van der Waals surface area contributed by atoms with Crippen molar-refractivity contribution in [2.75, 3.05) is 13.1 Å². The molecule has 0 aromatic heterocycles. The molecular weight excluding hydrogens is 362 g/mol. The van der Waals surface area contributed by atoms with Gasteiger partial charge in [-0.25, -0.2) is 13.6 Å². The number of nitrogens with one attached hydrogen (secondary N) is 1. The normalized spacial score (nSPS) is 20.2. The molecule has 4 nitrogen and oxygen atoms in total. The molecule has 150 valence electrons. The highest BCUT2D eigenvalue weighted by atomic mass is 19.1. The van der Waals surface area contributed by atoms with Gasteiger partial charge in [-0.1, -0.05) is 30.3 Å². The molecule has 3 rings (SSSR count). The largest absolute Gasteiger partial charge is 0.444 e. The van der Waals surface area contributed by atoms with E-state index in [4.69, 9.17) is 4.74 Å². The Labute approximate surface area is 164 Å². The van der Waals surface area contributed by atoms with Gasteiger partial charge in [0.15, 0.2) is 0 Å². The molecule has 1 aliphatic heterocycles. The summed E-state index contributed by atoms with van der Waals surface area (Å²) in [6.45, 7) is 7.05. The molecule has 1 saturated heterocycles. The molecule has 2 aromatic rings. The van der Waals surface area contributed by atoms with Gasteiger partial charge in [0.1, 0.15) is 17.2 Å². The Bertz CT molecular complexity index is 821. The first-order valence-electron chi connectivity index (χ1n) is 9.42. The van der Waals surface area contributed by atoms with Crippen molar-refractivity contribution in [2.24, 2.45) is 0 Å². The number of rotatable bonds is 4. The Morgan fingerprint density at radius 3 is 2.54 bits per heavy atom. The first-order valence-corrected chi connectivity index (χ1v) is 9.42. The average Bonchev–Trinajstić information content (AvgIpc) is 2.98. The molecule has 1 aliphatic rings. The molecule has 1 unspecified atom stereocenters. The first-order chi connectivity index (χ1) is 13.2. The molecule has 2 atom stereocenters. The van der Waals surface area contributed by atoms with E-state index in [1.807, 2.05) is 30.3 Å². The lowest BCUT2D eigenvalue weighted by Gasteiger charge is -2.24. The van der Waals surface area contributed by atoms with Gasteiger partial charge >= 0.3 is 6.09 Å². The van der Waals surface area contributed by atoms with Gasteiger partial charge < -0.3 is 10.1 Å². The summed E-state index contributed by atoms with van der Waals surface area (Å²) in [5.74, 6) is -1.33. The minimum absolute atomic E-state index is 0.275. The summed E-state index contributed by atoms with van der Waals surface area (Å²) < 4.78 is 33.5. The predicted octanol–water partition coefficient (Wildman–Crippen LogP) is 4.46. The lowest BCUT2D eigenvalue weighted by atomic mass is 9.94. The number of amides is 1. The van der Waals surface area contributed by atoms with Gasteiger partial charge in [-0.2, -0.15) is 0 Å². The highest BCUT2D eigenvalue weighted by Crippen LogP contribution is 2.31. The van der Waals surface area contributed by atoms with Crippen molar-refractivity contribution in [1.29, 1.82) is 0 Å². The Morgan fingerprint density at radius 2 is 1.86 bits per heavy atom. The summed E-state index contributed by atoms with van der Waals surface area (Å²) in [6, 6.07) is 13.0. The monoisotopic (exact) mass is 388 g/mol. The van der Waals surface area contributed by atoms with E-state index in [0.717, 1.165) is 17.7 Å². The van der Waals surface area contributed by atoms with Gasteiger partial charge in [0, 0.05) is 25.6 Å². The number of alkyl carbamates (subject to hydrolysis) is 1. The van der Waals surface area contributed by atoms with Crippen LogP contribution in [0.4, 0.5) is 13.6 Å². The Morgan fingerprint density at radius 1 is 1.14 bits per heavy atom. The molecule has 1 fully saturated rings. The molecule has 0 aliphatic carbocycles. The van der Waals surface area contributed by atoms with Crippen LogP contribution in [0.1, 0.15) is 37.8 Å². The second kappa shape index (κ2) is 8.27. The summed E-state index contributed by atoms with van der Waals surface area (Å²) in [5.41, 5.74) is 0.766. The van der Waals surface area contributed by atoms with Crippen LogP contribution in [0, 0.1) is 11.6 Å². The molecule has 2 aromatic carbocycles. The van der Waals surface area contributed by atoms with Crippen LogP contribution in [0.3, 0.4) is 0 Å². The number of hydrogen-bond acceptors (Lipinski definition) is 3. The number of ether oxygens (including phenoxy) is 1. The van der Waals surface area contributed by atoms with Gasteiger partial charge in [0.05, 0.1) is 6.04 Å². The van der Waals surface area contributed by atoms with Crippen LogP contribution in [0.15, 0.2) is 48.5 Å². The standard InChI is InChI=1S/C22H26F2N2O2/c1-22(2,3)28-21(27)25-20-14-26(12-15-7-5-4-6-8-15)13-18(20)17-11-16(23)9-10-19(17)24/h4-11,18,20H,12-14H2,1-3H3,(H,25,27)/t18?,20-/m0/s1. The Hall–Kier alpha value is -2.47. The van der Waals surface area contributed by atoms with Crippen LogP contribution in [0.2, 0.25) is 0 Å². The van der Waals surface area contributed by atoms with Crippen LogP contribution in [0.5, 0.6) is 0 Å². The van der Waals surface area contributed by atoms with Crippen molar-refractivity contribution in [1.82, 2.24) is 10.2 Å². The third-order valence-corrected chi connectivity index (χ3v) is 4.70. The summed E-state index contributed by atoms with van der Waals surface area (Å²) in [5, 5.41) is 2.85. The minimum atomic E-state index is -0.633. The van der Waals surface area contributed by atoms with Crippen molar-refractivity contribution >= 4 is 6.09 Å². The van der Waals surface area contributed by atoms with Crippen LogP contribution >= 0.6 is 0 Å². The maximum absolute atomic E-state index is 14.4. The third-order valence-electron chi connectivity index (χ3n) is 4.70. The van der Waals surface area contributed by atoms with Crippen LogP contribution < -0.4 is 5.32 Å². The summed E-state index contributed by atoms with van der Waals surface area (Å²) in [4.78, 5) is 14.4. The van der Waals surface area contributed by atoms with Crippen LogP contribution in [0.25, 0.3) is 0 Å². The first kappa shape index (κ1) is 20.3. The fraction of sp³-hybridized carbons (Fsp3) is 0.409. The zero-order valence-electron chi connectivity index (χ0n) is 16.4. The molecule has 0 saturated carbocycles. The number of halogens is 2. The SMILES string of the molecule is CC(C)(C)OC(=O)N[C@H]1CN(Cc2ccccc2)CC1c1cc(F)ccc1F. The van der Waals surface area contributed by atoms with E-state index in [1.54, 1.807) is 20.8 Å². The van der Waals surface area contributed by atoms with Crippen LogP contribution in [-0.2, 0) is 11.3 Å². The van der Waals surface area contributed by atoms with Gasteiger partial charge in [-0.05, 0) is 50.1 Å². The summed E-state index contributed by atoms with van der Waals surface area (Å²) >= 11 is 0. The van der Waals surface area contributed by atoms with E-state index in [2.05, 4.69) is 10.2 Å². The number of carbonyl (C=O) groups is 1. The number of carbonyl (C=O) groups excluding carboxylic acids is 1. The third kappa shape index (κ3) is 5.29. The molecule has 1 amide bonds. The van der Waals surface area contributed by atoms with Gasteiger partial charge in [-0.15, -0.1) is 0 Å². The summed E-state index contributed by atoms with van der Waals surface area (Å²) in [6.07, 6.45) is -0.555. The fourth-order valence-corrected chi connectivity index (χ4v) is 3.58. The number of benzene rings is 2. The molecule has 0 radical (unpaired) electrons. The lowest BCUT2D eigenvalue weighted by Crippen LogP contribution is -2.42. The molecule has 6 heteroatoms. The van der Waals surface area contributed by atoms with Crippen molar-refractivity contribution in [2.45, 2.75) is 44.9 Å². The molecule has 1 heterocycles. The molecule has 1 N–H and O–H groups in total. The smallest absolute Gasteiger partial charge is 0.407 e. The van der Waals surface area contributed by atoms with E-state index in [0.29, 0.717) is 19.6 Å². The van der Waals surface area contributed by atoms with E-state index >= 15 is 0 Å². The summed E-state index contributed by atoms with van der Waals surface area (Å²) in [7, 11) is 0. The molecular formula is C22H26F2N2O2. The number of hydrogen-bond donors (Lipinski definition) is 1. The van der Waals surface area contributed by atoms with Crippen molar-refractivity contribution < 1.29 is 18.3 Å². The Balaban J connectivity index is 1.80. The minimum Gasteiger partial charge on any atom is -0.444 e. The van der Waals surface area contributed by atoms with E-state index in [-0.39, 0.29) is 17.5 Å². The topological polar surface area (TPSA) is 41.6 Å². The fourth-order valence-electron chi connectivity index (χ4n) is 3.58. The van der Waals surface area contributed by atoms with Crippen molar-refractivity contribution in [3.63, 3.8) is 0 Å². The molecule has 0 spiro atoms.